The molecule has 5 nitrogen and oxygen atoms in total. The summed E-state index contributed by atoms with van der Waals surface area (Å²) in [6.45, 7) is 2.01. The van der Waals surface area contributed by atoms with Crippen LogP contribution in [0.25, 0.3) is 0 Å². The zero-order valence-electron chi connectivity index (χ0n) is 14.5. The highest BCUT2D eigenvalue weighted by Gasteiger charge is 2.18. The van der Waals surface area contributed by atoms with Gasteiger partial charge in [0.05, 0.1) is 17.6 Å². The Bertz CT molecular complexity index is 885. The van der Waals surface area contributed by atoms with Gasteiger partial charge in [-0.15, -0.1) is 0 Å². The van der Waals surface area contributed by atoms with Gasteiger partial charge < -0.3 is 4.74 Å². The van der Waals surface area contributed by atoms with E-state index in [0.29, 0.717) is 16.3 Å². The van der Waals surface area contributed by atoms with Crippen LogP contribution in [0.4, 0.5) is 0 Å². The van der Waals surface area contributed by atoms with Gasteiger partial charge in [0.1, 0.15) is 0 Å². The normalized spacial score (nSPS) is 11.3. The van der Waals surface area contributed by atoms with Crippen LogP contribution in [-0.4, -0.2) is 33.8 Å². The SMILES string of the molecule is COC(=O)c1cc(S(=O)(=O)NCCSCc2cccc(Cl)c2)ccc1C. The molecule has 0 aliphatic heterocycles. The van der Waals surface area contributed by atoms with Crippen molar-refractivity contribution in [2.75, 3.05) is 19.4 Å². The van der Waals surface area contributed by atoms with E-state index in [1.54, 1.807) is 24.8 Å². The van der Waals surface area contributed by atoms with Crippen molar-refractivity contribution in [2.24, 2.45) is 0 Å². The number of rotatable bonds is 8. The summed E-state index contributed by atoms with van der Waals surface area (Å²) in [5.41, 5.74) is 1.99. The van der Waals surface area contributed by atoms with Gasteiger partial charge in [-0.2, -0.15) is 11.8 Å². The molecular weight excluding hydrogens is 394 g/mol. The van der Waals surface area contributed by atoms with Crippen LogP contribution in [0.15, 0.2) is 47.4 Å². The molecule has 0 fully saturated rings. The third-order valence-corrected chi connectivity index (χ3v) is 6.34. The molecule has 0 saturated heterocycles. The molecule has 0 aliphatic carbocycles. The molecule has 140 valence electrons. The Morgan fingerprint density at radius 1 is 1.23 bits per heavy atom. The maximum absolute atomic E-state index is 12.4. The topological polar surface area (TPSA) is 72.5 Å². The predicted molar refractivity (Wildman–Crippen MR) is 105 cm³/mol. The minimum absolute atomic E-state index is 0.0448. The number of methoxy groups -OCH3 is 1. The van der Waals surface area contributed by atoms with Gasteiger partial charge >= 0.3 is 5.97 Å². The fourth-order valence-corrected chi connectivity index (χ4v) is 4.45. The smallest absolute Gasteiger partial charge is 0.338 e. The van der Waals surface area contributed by atoms with E-state index < -0.39 is 16.0 Å². The van der Waals surface area contributed by atoms with E-state index in [-0.39, 0.29) is 17.0 Å². The van der Waals surface area contributed by atoms with E-state index in [1.807, 2.05) is 24.3 Å². The van der Waals surface area contributed by atoms with Crippen LogP contribution in [0.3, 0.4) is 0 Å². The van der Waals surface area contributed by atoms with Crippen molar-refractivity contribution in [3.8, 4) is 0 Å². The Hall–Kier alpha value is -1.54. The summed E-state index contributed by atoms with van der Waals surface area (Å²) >= 11 is 7.54. The molecule has 0 heterocycles. The number of hydrogen-bond donors (Lipinski definition) is 1. The van der Waals surface area contributed by atoms with E-state index in [2.05, 4.69) is 9.46 Å². The van der Waals surface area contributed by atoms with Gasteiger partial charge in [-0.25, -0.2) is 17.9 Å². The van der Waals surface area contributed by atoms with Crippen molar-refractivity contribution >= 4 is 39.4 Å². The van der Waals surface area contributed by atoms with Crippen molar-refractivity contribution < 1.29 is 17.9 Å². The minimum atomic E-state index is -3.69. The van der Waals surface area contributed by atoms with Crippen LogP contribution < -0.4 is 4.72 Å². The molecule has 2 rings (SSSR count). The maximum atomic E-state index is 12.4. The van der Waals surface area contributed by atoms with Crippen LogP contribution in [0.2, 0.25) is 5.02 Å². The lowest BCUT2D eigenvalue weighted by Gasteiger charge is -2.10. The van der Waals surface area contributed by atoms with E-state index in [9.17, 15) is 13.2 Å². The number of thioether (sulfide) groups is 1. The van der Waals surface area contributed by atoms with Crippen molar-refractivity contribution in [1.82, 2.24) is 4.72 Å². The average molecular weight is 414 g/mol. The third kappa shape index (κ3) is 5.74. The molecule has 0 atom stereocenters. The van der Waals surface area contributed by atoms with Gasteiger partial charge in [0.15, 0.2) is 0 Å². The lowest BCUT2D eigenvalue weighted by atomic mass is 10.1. The molecule has 0 radical (unpaired) electrons. The van der Waals surface area contributed by atoms with E-state index in [0.717, 1.165) is 11.3 Å². The molecule has 2 aromatic carbocycles. The van der Waals surface area contributed by atoms with Crippen molar-refractivity contribution in [2.45, 2.75) is 17.6 Å². The first-order valence-corrected chi connectivity index (χ1v) is 10.9. The summed E-state index contributed by atoms with van der Waals surface area (Å²) in [6.07, 6.45) is 0. The van der Waals surface area contributed by atoms with E-state index >= 15 is 0 Å². The number of carbonyl (C=O) groups is 1. The Morgan fingerprint density at radius 2 is 2.00 bits per heavy atom. The highest BCUT2D eigenvalue weighted by Crippen LogP contribution is 2.18. The third-order valence-electron chi connectivity index (χ3n) is 3.62. The number of aryl methyl sites for hydroxylation is 1. The number of benzene rings is 2. The van der Waals surface area contributed by atoms with Crippen LogP contribution in [0.5, 0.6) is 0 Å². The van der Waals surface area contributed by atoms with Crippen LogP contribution in [0.1, 0.15) is 21.5 Å². The average Bonchev–Trinajstić information content (AvgIpc) is 2.61. The second kappa shape index (κ2) is 9.41. The molecule has 0 unspecified atom stereocenters. The van der Waals surface area contributed by atoms with Gasteiger partial charge in [-0.3, -0.25) is 0 Å². The highest BCUT2D eigenvalue weighted by molar-refractivity contribution is 7.98. The molecule has 2 aromatic rings. The Kier molecular flexibility index (Phi) is 7.52. The summed E-state index contributed by atoms with van der Waals surface area (Å²) in [5, 5.41) is 0.685. The number of esters is 1. The number of halogens is 1. The van der Waals surface area contributed by atoms with Gasteiger partial charge in [-0.05, 0) is 42.3 Å². The summed E-state index contributed by atoms with van der Waals surface area (Å²) < 4.78 is 32.0. The predicted octanol–water partition coefficient (Wildman–Crippen LogP) is 3.65. The monoisotopic (exact) mass is 413 g/mol. The van der Waals surface area contributed by atoms with Crippen molar-refractivity contribution in [3.05, 3.63) is 64.2 Å². The van der Waals surface area contributed by atoms with Crippen LogP contribution in [-0.2, 0) is 20.5 Å². The maximum Gasteiger partial charge on any atom is 0.338 e. The molecule has 0 spiro atoms. The molecule has 0 aromatic heterocycles. The first kappa shape index (κ1) is 20.8. The van der Waals surface area contributed by atoms with Crippen LogP contribution in [0, 0.1) is 6.92 Å². The molecule has 8 heteroatoms. The number of ether oxygens (including phenoxy) is 1. The van der Waals surface area contributed by atoms with Gasteiger partial charge in [0.2, 0.25) is 10.0 Å². The summed E-state index contributed by atoms with van der Waals surface area (Å²) in [4.78, 5) is 11.8. The van der Waals surface area contributed by atoms with Gasteiger partial charge in [0, 0.05) is 23.1 Å². The van der Waals surface area contributed by atoms with Gasteiger partial charge in [0.25, 0.3) is 0 Å². The molecule has 0 amide bonds. The van der Waals surface area contributed by atoms with E-state index in [1.165, 1.54) is 19.2 Å². The fraction of sp³-hybridized carbons (Fsp3) is 0.278. The standard InChI is InChI=1S/C18H20ClNO4S2/c1-13-6-7-16(11-17(13)18(21)24-2)26(22,23)20-8-9-25-12-14-4-3-5-15(19)10-14/h3-7,10-11,20H,8-9,12H2,1-2H3. The Labute approximate surface area is 163 Å². The quantitative estimate of drug-likeness (QED) is 0.528. The summed E-state index contributed by atoms with van der Waals surface area (Å²) in [6, 6.07) is 12.0. The second-order valence-electron chi connectivity index (χ2n) is 5.55. The fourth-order valence-electron chi connectivity index (χ4n) is 2.25. The van der Waals surface area contributed by atoms with Crippen LogP contribution >= 0.6 is 23.4 Å². The Balaban J connectivity index is 1.91. The van der Waals surface area contributed by atoms with E-state index in [4.69, 9.17) is 11.6 Å². The van der Waals surface area contributed by atoms with Crippen molar-refractivity contribution in [1.29, 1.82) is 0 Å². The largest absolute Gasteiger partial charge is 0.465 e. The lowest BCUT2D eigenvalue weighted by molar-refractivity contribution is 0.0599. The van der Waals surface area contributed by atoms with Crippen molar-refractivity contribution in [3.63, 3.8) is 0 Å². The molecule has 0 aliphatic rings. The zero-order valence-corrected chi connectivity index (χ0v) is 16.9. The number of hydrogen-bond acceptors (Lipinski definition) is 5. The number of carbonyl (C=O) groups excluding carboxylic acids is 1. The minimum Gasteiger partial charge on any atom is -0.465 e. The summed E-state index contributed by atoms with van der Waals surface area (Å²) in [5.74, 6) is 0.803. The highest BCUT2D eigenvalue weighted by atomic mass is 35.5. The number of nitrogens with one attached hydrogen (secondary N) is 1. The zero-order chi connectivity index (χ0) is 19.2. The first-order chi connectivity index (χ1) is 12.3. The summed E-state index contributed by atoms with van der Waals surface area (Å²) in [7, 11) is -2.42. The lowest BCUT2D eigenvalue weighted by Crippen LogP contribution is -2.26. The number of sulfonamides is 1. The molecule has 0 saturated carbocycles. The second-order valence-corrected chi connectivity index (χ2v) is 8.86. The molecular formula is C18H20ClNO4S2. The molecule has 1 N–H and O–H groups in total. The molecule has 0 bridgehead atoms. The first-order valence-electron chi connectivity index (χ1n) is 7.84. The van der Waals surface area contributed by atoms with Gasteiger partial charge in [-0.1, -0.05) is 29.8 Å². The Morgan fingerprint density at radius 3 is 2.69 bits per heavy atom. The molecule has 26 heavy (non-hydrogen) atoms.